The lowest BCUT2D eigenvalue weighted by Crippen LogP contribution is -2.18. The van der Waals surface area contributed by atoms with E-state index in [1.807, 2.05) is 0 Å². The highest BCUT2D eigenvalue weighted by Crippen LogP contribution is 2.20. The molecule has 104 valence electrons. The predicted molar refractivity (Wildman–Crippen MR) is 85.4 cm³/mol. The first kappa shape index (κ1) is 18.6. The molecule has 2 N–H and O–H groups in total. The Kier molecular flexibility index (Phi) is 15.2. The smallest absolute Gasteiger partial charge is 0.0721 e. The van der Waals surface area contributed by atoms with Gasteiger partial charge in [0.1, 0.15) is 0 Å². The van der Waals surface area contributed by atoms with Crippen LogP contribution >= 0.6 is 58.5 Å². The third-order valence-electron chi connectivity index (χ3n) is 1.77. The molecule has 7 heteroatoms. The first-order chi connectivity index (χ1) is 8.24. The minimum Gasteiger partial charge on any atom is -0.396 e. The third kappa shape index (κ3) is 12.3. The Labute approximate surface area is 127 Å². The molecule has 0 aromatic rings. The van der Waals surface area contributed by atoms with Crippen LogP contribution in [0.4, 0.5) is 0 Å². The second kappa shape index (κ2) is 14.0. The summed E-state index contributed by atoms with van der Waals surface area (Å²) in [6, 6.07) is 0. The van der Waals surface area contributed by atoms with Crippen molar-refractivity contribution in [3.8, 4) is 0 Å². The summed E-state index contributed by atoms with van der Waals surface area (Å²) in [5.74, 6) is 5.28. The third-order valence-corrected chi connectivity index (χ3v) is 6.55. The molecule has 2 unspecified atom stereocenters. The van der Waals surface area contributed by atoms with Gasteiger partial charge in [0.2, 0.25) is 0 Å². The van der Waals surface area contributed by atoms with Gasteiger partial charge in [-0.3, -0.25) is 0 Å². The molecule has 0 aromatic carbocycles. The van der Waals surface area contributed by atoms with Crippen LogP contribution in [0, 0.1) is 0 Å². The topological polar surface area (TPSA) is 40.5 Å². The number of aliphatic hydroxyl groups is 2. The molecule has 0 radical (unpaired) electrons. The van der Waals surface area contributed by atoms with Crippen LogP contribution in [0.5, 0.6) is 0 Å². The Bertz CT molecular complexity index is 166. The van der Waals surface area contributed by atoms with Crippen LogP contribution in [-0.4, -0.2) is 68.7 Å². The standard InChI is InChI=1S/C10H20Cl2O2S3/c11-1-3-15-8-10(5-12)17-7-9(14)6-16-4-2-13/h9-10,13-14H,1-8H2. The van der Waals surface area contributed by atoms with Crippen molar-refractivity contribution < 1.29 is 10.2 Å². The Morgan fingerprint density at radius 2 is 1.71 bits per heavy atom. The summed E-state index contributed by atoms with van der Waals surface area (Å²) < 4.78 is 0. The normalized spacial score (nSPS) is 14.8. The summed E-state index contributed by atoms with van der Waals surface area (Å²) in [5, 5.41) is 18.7. The van der Waals surface area contributed by atoms with E-state index in [0.717, 1.165) is 11.5 Å². The predicted octanol–water partition coefficient (Wildman–Crippen LogP) is 2.39. The Hall–Kier alpha value is 1.55. The maximum Gasteiger partial charge on any atom is 0.0721 e. The van der Waals surface area contributed by atoms with E-state index >= 15 is 0 Å². The Morgan fingerprint density at radius 3 is 2.29 bits per heavy atom. The lowest BCUT2D eigenvalue weighted by atomic mass is 10.5. The minimum absolute atomic E-state index is 0.171. The van der Waals surface area contributed by atoms with Crippen LogP contribution in [0.3, 0.4) is 0 Å². The summed E-state index contributed by atoms with van der Waals surface area (Å²) in [6.07, 6.45) is -0.319. The molecule has 0 spiro atoms. The fourth-order valence-corrected chi connectivity index (χ4v) is 4.69. The average Bonchev–Trinajstić information content (AvgIpc) is 2.34. The van der Waals surface area contributed by atoms with Crippen LogP contribution in [0.25, 0.3) is 0 Å². The summed E-state index contributed by atoms with van der Waals surface area (Å²) in [7, 11) is 0. The number of thioether (sulfide) groups is 3. The van der Waals surface area contributed by atoms with Gasteiger partial charge >= 0.3 is 0 Å². The average molecular weight is 339 g/mol. The largest absolute Gasteiger partial charge is 0.396 e. The lowest BCUT2D eigenvalue weighted by Gasteiger charge is -2.15. The molecule has 0 aliphatic rings. The Morgan fingerprint density at radius 1 is 1.00 bits per heavy atom. The quantitative estimate of drug-likeness (QED) is 0.422. The molecule has 2 nitrogen and oxygen atoms in total. The molecule has 0 fully saturated rings. The molecule has 0 aromatic heterocycles. The fourth-order valence-electron chi connectivity index (χ4n) is 0.986. The highest BCUT2D eigenvalue weighted by molar-refractivity contribution is 8.03. The second-order valence-corrected chi connectivity index (χ2v) is 7.65. The molecule has 0 heterocycles. The maximum atomic E-state index is 9.70. The van der Waals surface area contributed by atoms with Crippen LogP contribution in [-0.2, 0) is 0 Å². The summed E-state index contributed by atoms with van der Waals surface area (Å²) >= 11 is 16.6. The van der Waals surface area contributed by atoms with Crippen LogP contribution < -0.4 is 0 Å². The molecule has 0 rings (SSSR count). The second-order valence-electron chi connectivity index (χ2n) is 3.33. The summed E-state index contributed by atoms with van der Waals surface area (Å²) in [5.41, 5.74) is 0. The maximum absolute atomic E-state index is 9.70. The molecular weight excluding hydrogens is 319 g/mol. The van der Waals surface area contributed by atoms with Crippen LogP contribution in [0.2, 0.25) is 0 Å². The van der Waals surface area contributed by atoms with Gasteiger partial charge in [0.15, 0.2) is 0 Å². The van der Waals surface area contributed by atoms with Gasteiger partial charge in [0.25, 0.3) is 0 Å². The van der Waals surface area contributed by atoms with Gasteiger partial charge in [-0.25, -0.2) is 0 Å². The molecule has 0 saturated carbocycles. The zero-order valence-electron chi connectivity index (χ0n) is 9.69. The van der Waals surface area contributed by atoms with Gasteiger partial charge in [0, 0.05) is 45.8 Å². The van der Waals surface area contributed by atoms with E-state index in [1.54, 1.807) is 35.3 Å². The van der Waals surface area contributed by atoms with Crippen molar-refractivity contribution in [1.29, 1.82) is 0 Å². The molecule has 0 aliphatic heterocycles. The van der Waals surface area contributed by atoms with Crippen molar-refractivity contribution in [2.75, 3.05) is 47.1 Å². The highest BCUT2D eigenvalue weighted by Gasteiger charge is 2.11. The van der Waals surface area contributed by atoms with E-state index in [2.05, 4.69) is 0 Å². The molecule has 0 saturated heterocycles. The van der Waals surface area contributed by atoms with Gasteiger partial charge in [0.05, 0.1) is 12.7 Å². The number of hydrogen-bond acceptors (Lipinski definition) is 5. The van der Waals surface area contributed by atoms with Crippen molar-refractivity contribution >= 4 is 58.5 Å². The van der Waals surface area contributed by atoms with Crippen molar-refractivity contribution in [2.45, 2.75) is 11.4 Å². The molecule has 0 aliphatic carbocycles. The molecule has 17 heavy (non-hydrogen) atoms. The fraction of sp³-hybridized carbons (Fsp3) is 1.00. The first-order valence-electron chi connectivity index (χ1n) is 5.42. The summed E-state index contributed by atoms with van der Waals surface area (Å²) in [6.45, 7) is 0.171. The Balaban J connectivity index is 3.52. The van der Waals surface area contributed by atoms with E-state index < -0.39 is 0 Å². The van der Waals surface area contributed by atoms with Gasteiger partial charge < -0.3 is 10.2 Å². The molecule has 2 atom stereocenters. The number of aliphatic hydroxyl groups excluding tert-OH is 2. The molecule has 0 amide bonds. The lowest BCUT2D eigenvalue weighted by molar-refractivity contribution is 0.225. The van der Waals surface area contributed by atoms with E-state index in [4.69, 9.17) is 28.3 Å². The van der Waals surface area contributed by atoms with Gasteiger partial charge in [-0.05, 0) is 0 Å². The molecule has 0 bridgehead atoms. The molecular formula is C10H20Cl2O2S3. The van der Waals surface area contributed by atoms with Crippen LogP contribution in [0.1, 0.15) is 0 Å². The van der Waals surface area contributed by atoms with E-state index in [0.29, 0.717) is 34.3 Å². The van der Waals surface area contributed by atoms with Crippen molar-refractivity contribution in [2.24, 2.45) is 0 Å². The monoisotopic (exact) mass is 338 g/mol. The number of alkyl halides is 2. The van der Waals surface area contributed by atoms with Crippen molar-refractivity contribution in [3.05, 3.63) is 0 Å². The highest BCUT2D eigenvalue weighted by atomic mass is 35.5. The van der Waals surface area contributed by atoms with Gasteiger partial charge in [-0.2, -0.15) is 35.3 Å². The van der Waals surface area contributed by atoms with E-state index in [9.17, 15) is 5.11 Å². The van der Waals surface area contributed by atoms with Crippen molar-refractivity contribution in [3.63, 3.8) is 0 Å². The number of halogens is 2. The number of hydrogen-bond donors (Lipinski definition) is 2. The van der Waals surface area contributed by atoms with Gasteiger partial charge in [-0.1, -0.05) is 0 Å². The minimum atomic E-state index is -0.319. The van der Waals surface area contributed by atoms with Crippen LogP contribution in [0.15, 0.2) is 0 Å². The SMILES string of the molecule is OCCSCC(O)CSC(CCl)CSCCCl. The summed E-state index contributed by atoms with van der Waals surface area (Å²) in [4.78, 5) is 0. The first-order valence-corrected chi connectivity index (χ1v) is 9.85. The zero-order valence-corrected chi connectivity index (χ0v) is 13.6. The zero-order chi connectivity index (χ0) is 12.9. The van der Waals surface area contributed by atoms with E-state index in [-0.39, 0.29) is 12.7 Å². The number of rotatable bonds is 12. The van der Waals surface area contributed by atoms with Gasteiger partial charge in [-0.15, -0.1) is 23.2 Å². The van der Waals surface area contributed by atoms with Crippen molar-refractivity contribution in [1.82, 2.24) is 0 Å². The van der Waals surface area contributed by atoms with E-state index in [1.165, 1.54) is 0 Å².